The first kappa shape index (κ1) is 19.4. The van der Waals surface area contributed by atoms with E-state index in [0.29, 0.717) is 17.6 Å². The van der Waals surface area contributed by atoms with Crippen LogP contribution in [0.15, 0.2) is 24.4 Å². The van der Waals surface area contributed by atoms with Gasteiger partial charge in [-0.3, -0.25) is 4.79 Å². The van der Waals surface area contributed by atoms with Crippen LogP contribution < -0.4 is 16.0 Å². The number of carbonyl (C=O) groups is 1. The summed E-state index contributed by atoms with van der Waals surface area (Å²) in [5.41, 5.74) is 0.990. The number of aliphatic hydroxyl groups excluding tert-OH is 1. The summed E-state index contributed by atoms with van der Waals surface area (Å²) in [6, 6.07) is 5.09. The fraction of sp³-hybridized carbons (Fsp3) is 0.421. The first-order valence-corrected chi connectivity index (χ1v) is 9.38. The summed E-state index contributed by atoms with van der Waals surface area (Å²) in [7, 11) is 0. The summed E-state index contributed by atoms with van der Waals surface area (Å²) < 4.78 is 40.1. The van der Waals surface area contributed by atoms with Crippen molar-refractivity contribution in [2.24, 2.45) is 5.92 Å². The first-order chi connectivity index (χ1) is 13.8. The highest BCUT2D eigenvalue weighted by Crippen LogP contribution is 2.36. The number of amides is 1. The molecular formula is C19H20F3N5O2. The number of carbonyl (C=O) groups excluding carboxylic acids is 1. The van der Waals surface area contributed by atoms with Crippen LogP contribution in [0.2, 0.25) is 0 Å². The molecule has 4 rings (SSSR count). The third-order valence-corrected chi connectivity index (χ3v) is 5.21. The number of hydrogen-bond donors (Lipinski definition) is 4. The van der Waals surface area contributed by atoms with Crippen LogP contribution in [0, 0.1) is 5.92 Å². The Kier molecular flexibility index (Phi) is 5.03. The van der Waals surface area contributed by atoms with Crippen molar-refractivity contribution < 1.29 is 23.1 Å². The van der Waals surface area contributed by atoms with E-state index in [-0.39, 0.29) is 24.2 Å². The summed E-state index contributed by atoms with van der Waals surface area (Å²) in [6.07, 6.45) is -1.43. The van der Waals surface area contributed by atoms with E-state index in [9.17, 15) is 23.1 Å². The zero-order chi connectivity index (χ0) is 20.6. The van der Waals surface area contributed by atoms with E-state index in [1.54, 1.807) is 18.2 Å². The lowest BCUT2D eigenvalue weighted by molar-refractivity contribution is -0.137. The maximum absolute atomic E-state index is 13.4. The highest BCUT2D eigenvalue weighted by molar-refractivity contribution is 5.99. The Morgan fingerprint density at radius 2 is 2.00 bits per heavy atom. The van der Waals surface area contributed by atoms with Gasteiger partial charge in [0.25, 0.3) is 0 Å². The second kappa shape index (κ2) is 7.51. The predicted molar refractivity (Wildman–Crippen MR) is 101 cm³/mol. The van der Waals surface area contributed by atoms with Crippen molar-refractivity contribution in [3.8, 4) is 0 Å². The third-order valence-electron chi connectivity index (χ3n) is 5.21. The number of benzene rings is 1. The van der Waals surface area contributed by atoms with Crippen molar-refractivity contribution in [3.05, 3.63) is 35.5 Å². The monoisotopic (exact) mass is 407 g/mol. The minimum absolute atomic E-state index is 0.0450. The molecule has 2 heterocycles. The lowest BCUT2D eigenvalue weighted by atomic mass is 10.1. The van der Waals surface area contributed by atoms with Crippen LogP contribution in [0.4, 0.5) is 36.3 Å². The zero-order valence-corrected chi connectivity index (χ0v) is 15.4. The van der Waals surface area contributed by atoms with Gasteiger partial charge >= 0.3 is 6.18 Å². The molecular weight excluding hydrogens is 387 g/mol. The van der Waals surface area contributed by atoms with Gasteiger partial charge in [0.2, 0.25) is 11.9 Å². The van der Waals surface area contributed by atoms with Crippen LogP contribution in [-0.2, 0) is 17.4 Å². The van der Waals surface area contributed by atoms with E-state index in [1.807, 2.05) is 0 Å². The average molecular weight is 407 g/mol. The molecule has 1 unspecified atom stereocenters. The number of anilines is 4. The number of nitrogens with zero attached hydrogens (tertiary/aromatic N) is 2. The summed E-state index contributed by atoms with van der Waals surface area (Å²) >= 11 is 0. The van der Waals surface area contributed by atoms with Gasteiger partial charge in [0.1, 0.15) is 17.6 Å². The normalized spacial score (nSPS) is 17.7. The smallest absolute Gasteiger partial charge is 0.373 e. The molecule has 10 heteroatoms. The van der Waals surface area contributed by atoms with Crippen molar-refractivity contribution in [2.75, 3.05) is 16.0 Å². The Bertz CT molecular complexity index is 929. The van der Waals surface area contributed by atoms with Gasteiger partial charge in [0, 0.05) is 23.5 Å². The van der Waals surface area contributed by atoms with E-state index < -0.39 is 23.8 Å². The fourth-order valence-corrected chi connectivity index (χ4v) is 3.73. The van der Waals surface area contributed by atoms with Crippen LogP contribution in [0.1, 0.15) is 36.8 Å². The van der Waals surface area contributed by atoms with Crippen molar-refractivity contribution in [1.82, 2.24) is 9.97 Å². The Hall–Kier alpha value is -2.88. The second-order valence-corrected chi connectivity index (χ2v) is 7.31. The number of aromatic nitrogens is 2. The molecule has 0 radical (unpaired) electrons. The topological polar surface area (TPSA) is 99.2 Å². The average Bonchev–Trinajstić information content (AvgIpc) is 3.29. The molecule has 2 aliphatic rings. The number of aliphatic hydroxyl groups is 1. The van der Waals surface area contributed by atoms with Crippen LogP contribution in [0.5, 0.6) is 0 Å². The molecule has 1 aliphatic carbocycles. The molecule has 7 nitrogen and oxygen atoms in total. The molecule has 4 N–H and O–H groups in total. The number of rotatable bonds is 5. The molecule has 1 aliphatic heterocycles. The van der Waals surface area contributed by atoms with Crippen molar-refractivity contribution >= 4 is 29.0 Å². The quantitative estimate of drug-likeness (QED) is 0.565. The van der Waals surface area contributed by atoms with Crippen molar-refractivity contribution in [3.63, 3.8) is 0 Å². The van der Waals surface area contributed by atoms with Gasteiger partial charge in [-0.1, -0.05) is 12.8 Å². The zero-order valence-electron chi connectivity index (χ0n) is 15.4. The van der Waals surface area contributed by atoms with Gasteiger partial charge in [-0.2, -0.15) is 18.2 Å². The number of nitrogens with one attached hydrogen (secondary N) is 3. The molecule has 154 valence electrons. The molecule has 1 aromatic heterocycles. The van der Waals surface area contributed by atoms with Gasteiger partial charge < -0.3 is 21.1 Å². The summed E-state index contributed by atoms with van der Waals surface area (Å²) in [6.45, 7) is 0. The van der Waals surface area contributed by atoms with Gasteiger partial charge in [0.15, 0.2) is 0 Å². The molecule has 0 saturated heterocycles. The number of fused-ring (bicyclic) bond motifs is 1. The van der Waals surface area contributed by atoms with E-state index in [0.717, 1.165) is 31.2 Å². The molecule has 2 aromatic rings. The van der Waals surface area contributed by atoms with Crippen LogP contribution >= 0.6 is 0 Å². The van der Waals surface area contributed by atoms with E-state index in [1.165, 1.54) is 0 Å². The number of halogens is 3. The Labute approximate surface area is 164 Å². The predicted octanol–water partition coefficient (Wildman–Crippen LogP) is 3.65. The molecule has 0 spiro atoms. The Morgan fingerprint density at radius 1 is 1.24 bits per heavy atom. The lowest BCUT2D eigenvalue weighted by Crippen LogP contribution is -2.29. The highest BCUT2D eigenvalue weighted by atomic mass is 19.4. The second-order valence-electron chi connectivity index (χ2n) is 7.31. The molecule has 1 fully saturated rings. The van der Waals surface area contributed by atoms with E-state index >= 15 is 0 Å². The lowest BCUT2D eigenvalue weighted by Gasteiger charge is -2.22. The van der Waals surface area contributed by atoms with Crippen molar-refractivity contribution in [1.29, 1.82) is 0 Å². The standard InChI is InChI=1S/C19H20F3N5O2/c20-19(21,22)13-9-23-18(27-16(13)26-17(29)10-3-1-2-4-10)24-12-5-6-14-11(7-12)8-15(28)25-14/h5-7,9-10,17,29H,1-4,8H2,(H,25,28)(H2,23,24,26,27). The van der Waals surface area contributed by atoms with Crippen LogP contribution in [0.25, 0.3) is 0 Å². The molecule has 1 atom stereocenters. The largest absolute Gasteiger partial charge is 0.421 e. The van der Waals surface area contributed by atoms with Gasteiger partial charge in [0.05, 0.1) is 6.42 Å². The SMILES string of the molecule is O=C1Cc2cc(Nc3ncc(C(F)(F)F)c(NC(O)C4CCCC4)n3)ccc2N1. The Balaban J connectivity index is 1.58. The van der Waals surface area contributed by atoms with Crippen LogP contribution in [0.3, 0.4) is 0 Å². The van der Waals surface area contributed by atoms with E-state index in [4.69, 9.17) is 0 Å². The first-order valence-electron chi connectivity index (χ1n) is 9.38. The highest BCUT2D eigenvalue weighted by Gasteiger charge is 2.36. The maximum Gasteiger partial charge on any atom is 0.421 e. The minimum Gasteiger partial charge on any atom is -0.373 e. The maximum atomic E-state index is 13.4. The minimum atomic E-state index is -4.66. The van der Waals surface area contributed by atoms with Crippen molar-refractivity contribution in [2.45, 2.75) is 44.5 Å². The third kappa shape index (κ3) is 4.26. The summed E-state index contributed by atoms with van der Waals surface area (Å²) in [5.74, 6) is -0.733. The number of hydrogen-bond acceptors (Lipinski definition) is 6. The molecule has 1 amide bonds. The summed E-state index contributed by atoms with van der Waals surface area (Å²) in [4.78, 5) is 19.2. The molecule has 1 saturated carbocycles. The fourth-order valence-electron chi connectivity index (χ4n) is 3.73. The van der Waals surface area contributed by atoms with Gasteiger partial charge in [-0.25, -0.2) is 4.98 Å². The molecule has 0 bridgehead atoms. The Morgan fingerprint density at radius 3 is 2.72 bits per heavy atom. The van der Waals surface area contributed by atoms with E-state index in [2.05, 4.69) is 25.9 Å². The number of alkyl halides is 3. The molecule has 1 aromatic carbocycles. The molecule has 29 heavy (non-hydrogen) atoms. The van der Waals surface area contributed by atoms with Crippen LogP contribution in [-0.4, -0.2) is 27.2 Å². The van der Waals surface area contributed by atoms with Gasteiger partial charge in [-0.05, 0) is 36.6 Å². The summed E-state index contributed by atoms with van der Waals surface area (Å²) in [5, 5.41) is 18.4. The van der Waals surface area contributed by atoms with Gasteiger partial charge in [-0.15, -0.1) is 0 Å².